The highest BCUT2D eigenvalue weighted by atomic mass is 16.3. The standard InChI is InChI=1S/C18H25N5O2/c1-4-13-12-16(21-18(20-13)22(2)3)19-14-7-9-23(10-8-14)17(24)15-6-5-11-25-15/h5-6,11-12,14H,4,7-10H2,1-3H3,(H,19,20,21). The van der Waals surface area contributed by atoms with Crippen LogP contribution in [0.3, 0.4) is 0 Å². The van der Waals surface area contributed by atoms with Gasteiger partial charge >= 0.3 is 0 Å². The fourth-order valence-corrected chi connectivity index (χ4v) is 2.93. The van der Waals surface area contributed by atoms with Crippen LogP contribution in [0.15, 0.2) is 28.9 Å². The molecule has 2 aromatic heterocycles. The number of aromatic nitrogens is 2. The monoisotopic (exact) mass is 343 g/mol. The van der Waals surface area contributed by atoms with Crippen molar-refractivity contribution in [3.05, 3.63) is 35.9 Å². The van der Waals surface area contributed by atoms with Crippen LogP contribution in [0.25, 0.3) is 0 Å². The third-order valence-corrected chi connectivity index (χ3v) is 4.40. The molecule has 1 aliphatic heterocycles. The van der Waals surface area contributed by atoms with E-state index in [-0.39, 0.29) is 5.91 Å². The highest BCUT2D eigenvalue weighted by Gasteiger charge is 2.25. The molecule has 3 rings (SSSR count). The van der Waals surface area contributed by atoms with Gasteiger partial charge < -0.3 is 19.5 Å². The number of amides is 1. The Balaban J connectivity index is 1.60. The number of nitrogens with zero attached hydrogens (tertiary/aromatic N) is 4. The van der Waals surface area contributed by atoms with Gasteiger partial charge in [-0.2, -0.15) is 4.98 Å². The average Bonchev–Trinajstić information content (AvgIpc) is 3.16. The predicted molar refractivity (Wildman–Crippen MR) is 97.0 cm³/mol. The lowest BCUT2D eigenvalue weighted by molar-refractivity contribution is 0.0686. The van der Waals surface area contributed by atoms with Crippen LogP contribution in [0.2, 0.25) is 0 Å². The molecule has 1 fully saturated rings. The summed E-state index contributed by atoms with van der Waals surface area (Å²) in [6.07, 6.45) is 4.17. The van der Waals surface area contributed by atoms with Gasteiger partial charge in [0.2, 0.25) is 5.95 Å². The molecule has 3 heterocycles. The second-order valence-electron chi connectivity index (χ2n) is 6.48. The van der Waals surface area contributed by atoms with Crippen molar-refractivity contribution in [3.8, 4) is 0 Å². The highest BCUT2D eigenvalue weighted by Crippen LogP contribution is 2.19. The van der Waals surface area contributed by atoms with Crippen molar-refractivity contribution >= 4 is 17.7 Å². The van der Waals surface area contributed by atoms with E-state index in [4.69, 9.17) is 4.42 Å². The SMILES string of the molecule is CCc1cc(NC2CCN(C(=O)c3ccco3)CC2)nc(N(C)C)n1. The Hall–Kier alpha value is -2.57. The molecule has 7 heteroatoms. The summed E-state index contributed by atoms with van der Waals surface area (Å²) >= 11 is 0. The quantitative estimate of drug-likeness (QED) is 0.899. The highest BCUT2D eigenvalue weighted by molar-refractivity contribution is 5.91. The van der Waals surface area contributed by atoms with Crippen molar-refractivity contribution in [2.75, 3.05) is 37.4 Å². The Morgan fingerprint density at radius 3 is 2.72 bits per heavy atom. The average molecular weight is 343 g/mol. The Morgan fingerprint density at radius 1 is 1.36 bits per heavy atom. The van der Waals surface area contributed by atoms with Crippen molar-refractivity contribution in [1.82, 2.24) is 14.9 Å². The van der Waals surface area contributed by atoms with Crippen LogP contribution in [-0.2, 0) is 6.42 Å². The van der Waals surface area contributed by atoms with Crippen LogP contribution in [-0.4, -0.2) is 54.0 Å². The zero-order valence-electron chi connectivity index (χ0n) is 15.0. The minimum Gasteiger partial charge on any atom is -0.459 e. The van der Waals surface area contributed by atoms with Crippen LogP contribution < -0.4 is 10.2 Å². The number of anilines is 2. The summed E-state index contributed by atoms with van der Waals surface area (Å²) in [5.74, 6) is 1.94. The molecule has 0 aromatic carbocycles. The number of hydrogen-bond acceptors (Lipinski definition) is 6. The maximum Gasteiger partial charge on any atom is 0.289 e. The summed E-state index contributed by atoms with van der Waals surface area (Å²) in [5.41, 5.74) is 1.02. The summed E-state index contributed by atoms with van der Waals surface area (Å²) in [6, 6.07) is 5.76. The summed E-state index contributed by atoms with van der Waals surface area (Å²) in [6.45, 7) is 3.51. The smallest absolute Gasteiger partial charge is 0.289 e. The van der Waals surface area contributed by atoms with E-state index in [0.717, 1.165) is 30.8 Å². The molecule has 0 saturated carbocycles. The lowest BCUT2D eigenvalue weighted by Gasteiger charge is -2.32. The number of nitrogens with one attached hydrogen (secondary N) is 1. The third kappa shape index (κ3) is 4.10. The molecule has 1 amide bonds. The Kier molecular flexibility index (Phi) is 5.21. The summed E-state index contributed by atoms with van der Waals surface area (Å²) in [5, 5.41) is 3.51. The zero-order valence-corrected chi connectivity index (χ0v) is 15.0. The van der Waals surface area contributed by atoms with Gasteiger partial charge in [-0.05, 0) is 31.4 Å². The molecule has 0 spiro atoms. The van der Waals surface area contributed by atoms with E-state index in [1.165, 1.54) is 6.26 Å². The van der Waals surface area contributed by atoms with Crippen LogP contribution in [0.4, 0.5) is 11.8 Å². The Morgan fingerprint density at radius 2 is 2.12 bits per heavy atom. The van der Waals surface area contributed by atoms with Gasteiger partial charge in [-0.3, -0.25) is 4.79 Å². The fraction of sp³-hybridized carbons (Fsp3) is 0.500. The van der Waals surface area contributed by atoms with Gasteiger partial charge in [-0.25, -0.2) is 4.98 Å². The van der Waals surface area contributed by atoms with Crippen molar-refractivity contribution in [2.24, 2.45) is 0 Å². The number of carbonyl (C=O) groups excluding carboxylic acids is 1. The fourth-order valence-electron chi connectivity index (χ4n) is 2.93. The summed E-state index contributed by atoms with van der Waals surface area (Å²) in [7, 11) is 3.88. The molecule has 0 unspecified atom stereocenters. The first-order valence-corrected chi connectivity index (χ1v) is 8.71. The van der Waals surface area contributed by atoms with Crippen LogP contribution in [0, 0.1) is 0 Å². The number of likely N-dealkylation sites (tertiary alicyclic amines) is 1. The second kappa shape index (κ2) is 7.55. The molecule has 0 bridgehead atoms. The zero-order chi connectivity index (χ0) is 17.8. The maximum absolute atomic E-state index is 12.3. The minimum absolute atomic E-state index is 0.0337. The minimum atomic E-state index is -0.0337. The number of aryl methyl sites for hydroxylation is 1. The van der Waals surface area contributed by atoms with Crippen molar-refractivity contribution < 1.29 is 9.21 Å². The number of furan rings is 1. The molecule has 0 aliphatic carbocycles. The first-order valence-electron chi connectivity index (χ1n) is 8.71. The predicted octanol–water partition coefficient (Wildman–Crippen LogP) is 2.41. The van der Waals surface area contributed by atoms with Gasteiger partial charge in [0.15, 0.2) is 5.76 Å². The topological polar surface area (TPSA) is 74.5 Å². The number of carbonyl (C=O) groups is 1. The molecule has 25 heavy (non-hydrogen) atoms. The molecular weight excluding hydrogens is 318 g/mol. The van der Waals surface area contributed by atoms with Crippen LogP contribution in [0.1, 0.15) is 36.0 Å². The molecule has 2 aromatic rings. The van der Waals surface area contributed by atoms with Crippen LogP contribution in [0.5, 0.6) is 0 Å². The maximum atomic E-state index is 12.3. The van der Waals surface area contributed by atoms with E-state index in [1.807, 2.05) is 30.0 Å². The Labute approximate surface area is 148 Å². The first-order chi connectivity index (χ1) is 12.1. The van der Waals surface area contributed by atoms with Gasteiger partial charge in [-0.15, -0.1) is 0 Å². The lowest BCUT2D eigenvalue weighted by Crippen LogP contribution is -2.42. The van der Waals surface area contributed by atoms with Gasteiger partial charge in [-0.1, -0.05) is 6.92 Å². The van der Waals surface area contributed by atoms with E-state index >= 15 is 0 Å². The molecule has 0 radical (unpaired) electrons. The molecule has 1 N–H and O–H groups in total. The second-order valence-corrected chi connectivity index (χ2v) is 6.48. The normalized spacial score (nSPS) is 15.2. The lowest BCUT2D eigenvalue weighted by atomic mass is 10.0. The first kappa shape index (κ1) is 17.3. The van der Waals surface area contributed by atoms with Gasteiger partial charge in [0, 0.05) is 45.0 Å². The molecule has 134 valence electrons. The van der Waals surface area contributed by atoms with Gasteiger partial charge in [0.25, 0.3) is 5.91 Å². The molecular formula is C18H25N5O2. The summed E-state index contributed by atoms with van der Waals surface area (Å²) < 4.78 is 5.20. The molecule has 1 aliphatic rings. The van der Waals surface area contributed by atoms with Gasteiger partial charge in [0.1, 0.15) is 5.82 Å². The van der Waals surface area contributed by atoms with Crippen molar-refractivity contribution in [3.63, 3.8) is 0 Å². The van der Waals surface area contributed by atoms with E-state index in [0.29, 0.717) is 30.8 Å². The van der Waals surface area contributed by atoms with E-state index in [1.54, 1.807) is 12.1 Å². The molecule has 0 atom stereocenters. The van der Waals surface area contributed by atoms with Crippen molar-refractivity contribution in [2.45, 2.75) is 32.2 Å². The van der Waals surface area contributed by atoms with E-state index in [9.17, 15) is 4.79 Å². The molecule has 1 saturated heterocycles. The Bertz CT molecular complexity index is 706. The summed E-state index contributed by atoms with van der Waals surface area (Å²) in [4.78, 5) is 25.2. The largest absolute Gasteiger partial charge is 0.459 e. The number of rotatable bonds is 5. The number of hydrogen-bond donors (Lipinski definition) is 1. The van der Waals surface area contributed by atoms with Gasteiger partial charge in [0.05, 0.1) is 6.26 Å². The van der Waals surface area contributed by atoms with E-state index in [2.05, 4.69) is 22.2 Å². The van der Waals surface area contributed by atoms with Crippen molar-refractivity contribution in [1.29, 1.82) is 0 Å². The van der Waals surface area contributed by atoms with E-state index < -0.39 is 0 Å². The molecule has 7 nitrogen and oxygen atoms in total. The number of piperidine rings is 1. The third-order valence-electron chi connectivity index (χ3n) is 4.40. The van der Waals surface area contributed by atoms with Crippen LogP contribution >= 0.6 is 0 Å².